The lowest BCUT2D eigenvalue weighted by Crippen LogP contribution is -1.91. The fraction of sp³-hybridized carbons (Fsp3) is 0.0526. The predicted molar refractivity (Wildman–Crippen MR) is 97.1 cm³/mol. The van der Waals surface area contributed by atoms with E-state index in [0.29, 0.717) is 22.3 Å². The Bertz CT molecular complexity index is 1080. The van der Waals surface area contributed by atoms with Gasteiger partial charge >= 0.3 is 0 Å². The van der Waals surface area contributed by atoms with Gasteiger partial charge in [0, 0.05) is 17.4 Å². The minimum Gasteiger partial charge on any atom is -0.507 e. The fourth-order valence-corrected chi connectivity index (χ4v) is 3.02. The molecule has 4 rings (SSSR count). The average molecular weight is 352 g/mol. The highest BCUT2D eigenvalue weighted by Crippen LogP contribution is 2.37. The van der Waals surface area contributed by atoms with Crippen molar-refractivity contribution in [1.29, 1.82) is 0 Å². The molecule has 4 aromatic rings. The topological polar surface area (TPSA) is 59.7 Å². The molecule has 3 heterocycles. The maximum atomic E-state index is 10.3. The van der Waals surface area contributed by atoms with Crippen molar-refractivity contribution < 1.29 is 9.84 Å². The highest BCUT2D eigenvalue weighted by Gasteiger charge is 2.19. The number of phenolic OH excluding ortho intramolecular Hbond substituents is 1. The quantitative estimate of drug-likeness (QED) is 0.593. The van der Waals surface area contributed by atoms with Crippen LogP contribution in [-0.2, 0) is 0 Å². The van der Waals surface area contributed by atoms with Crippen LogP contribution in [0.15, 0.2) is 60.9 Å². The Balaban J connectivity index is 2.04. The van der Waals surface area contributed by atoms with Gasteiger partial charge in [0.2, 0.25) is 5.88 Å². The van der Waals surface area contributed by atoms with Gasteiger partial charge in [0.05, 0.1) is 23.8 Å². The summed E-state index contributed by atoms with van der Waals surface area (Å²) in [6, 6.07) is 14.4. The van der Waals surface area contributed by atoms with Gasteiger partial charge in [-0.2, -0.15) is 0 Å². The molecule has 0 saturated heterocycles. The number of methoxy groups -OCH3 is 1. The molecule has 124 valence electrons. The van der Waals surface area contributed by atoms with Gasteiger partial charge < -0.3 is 9.84 Å². The summed E-state index contributed by atoms with van der Waals surface area (Å²) in [4.78, 5) is 9.02. The van der Waals surface area contributed by atoms with E-state index in [1.54, 1.807) is 31.5 Å². The van der Waals surface area contributed by atoms with Crippen LogP contribution in [0.2, 0.25) is 5.02 Å². The van der Waals surface area contributed by atoms with Gasteiger partial charge in [-0.15, -0.1) is 0 Å². The lowest BCUT2D eigenvalue weighted by Gasteiger charge is -2.04. The second-order valence-electron chi connectivity index (χ2n) is 5.46. The third-order valence-corrected chi connectivity index (χ3v) is 4.20. The van der Waals surface area contributed by atoms with Crippen molar-refractivity contribution in [2.45, 2.75) is 0 Å². The van der Waals surface area contributed by atoms with Crippen LogP contribution in [0.3, 0.4) is 0 Å². The molecule has 0 saturated carbocycles. The van der Waals surface area contributed by atoms with Crippen molar-refractivity contribution in [2.75, 3.05) is 7.11 Å². The van der Waals surface area contributed by atoms with Crippen molar-refractivity contribution in [2.24, 2.45) is 0 Å². The summed E-state index contributed by atoms with van der Waals surface area (Å²) in [5, 5.41) is 10.8. The minimum atomic E-state index is 0.116. The number of hydrogen-bond donors (Lipinski definition) is 1. The van der Waals surface area contributed by atoms with E-state index in [1.165, 1.54) is 0 Å². The third-order valence-electron chi connectivity index (χ3n) is 3.97. The summed E-state index contributed by atoms with van der Waals surface area (Å²) in [7, 11) is 1.58. The number of nitrogens with zero attached hydrogens (tertiary/aromatic N) is 3. The van der Waals surface area contributed by atoms with Crippen LogP contribution in [0.25, 0.3) is 28.2 Å². The molecule has 0 bridgehead atoms. The molecule has 1 N–H and O–H groups in total. The number of fused-ring (bicyclic) bond motifs is 1. The van der Waals surface area contributed by atoms with E-state index in [9.17, 15) is 5.11 Å². The summed E-state index contributed by atoms with van der Waals surface area (Å²) in [6.07, 6.45) is 3.56. The first-order chi connectivity index (χ1) is 12.2. The first kappa shape index (κ1) is 15.5. The SMILES string of the molecule is COc1ncccc1-c1nc(-c2cc(Cl)ccc2O)n2ccccc12. The Morgan fingerprint density at radius 1 is 1.08 bits per heavy atom. The fourth-order valence-electron chi connectivity index (χ4n) is 2.85. The number of imidazole rings is 1. The second kappa shape index (κ2) is 6.11. The summed E-state index contributed by atoms with van der Waals surface area (Å²) < 4.78 is 7.29. The summed E-state index contributed by atoms with van der Waals surface area (Å²) in [5.74, 6) is 1.20. The van der Waals surface area contributed by atoms with E-state index in [4.69, 9.17) is 21.3 Å². The molecule has 3 aromatic heterocycles. The Kier molecular flexibility index (Phi) is 3.78. The number of aromatic nitrogens is 3. The Morgan fingerprint density at radius 2 is 1.96 bits per heavy atom. The van der Waals surface area contributed by atoms with Crippen molar-refractivity contribution in [1.82, 2.24) is 14.4 Å². The maximum Gasteiger partial charge on any atom is 0.222 e. The molecule has 5 nitrogen and oxygen atoms in total. The van der Waals surface area contributed by atoms with Gasteiger partial charge in [-0.05, 0) is 42.5 Å². The monoisotopic (exact) mass is 351 g/mol. The van der Waals surface area contributed by atoms with Crippen LogP contribution < -0.4 is 4.74 Å². The van der Waals surface area contributed by atoms with E-state index in [2.05, 4.69) is 4.98 Å². The summed E-state index contributed by atoms with van der Waals surface area (Å²) in [5.41, 5.74) is 2.94. The van der Waals surface area contributed by atoms with Crippen molar-refractivity contribution >= 4 is 17.1 Å². The molecule has 0 fully saturated rings. The van der Waals surface area contributed by atoms with Crippen LogP contribution in [0.4, 0.5) is 0 Å². The number of aromatic hydroxyl groups is 1. The molecule has 0 amide bonds. The zero-order valence-electron chi connectivity index (χ0n) is 13.3. The first-order valence-electron chi connectivity index (χ1n) is 7.64. The molecule has 6 heteroatoms. The van der Waals surface area contributed by atoms with E-state index in [1.807, 2.05) is 40.9 Å². The van der Waals surface area contributed by atoms with E-state index < -0.39 is 0 Å². The number of ether oxygens (including phenoxy) is 1. The molecule has 0 unspecified atom stereocenters. The van der Waals surface area contributed by atoms with E-state index >= 15 is 0 Å². The second-order valence-corrected chi connectivity index (χ2v) is 5.90. The molecule has 0 aliphatic rings. The zero-order chi connectivity index (χ0) is 17.4. The summed E-state index contributed by atoms with van der Waals surface area (Å²) in [6.45, 7) is 0. The molecule has 0 aliphatic carbocycles. The average Bonchev–Trinajstić information content (AvgIpc) is 3.03. The number of phenols is 1. The molecule has 0 aliphatic heterocycles. The van der Waals surface area contributed by atoms with Gasteiger partial charge in [0.25, 0.3) is 0 Å². The zero-order valence-corrected chi connectivity index (χ0v) is 14.1. The number of rotatable bonds is 3. The lowest BCUT2D eigenvalue weighted by molar-refractivity contribution is 0.399. The highest BCUT2D eigenvalue weighted by molar-refractivity contribution is 6.30. The number of hydrogen-bond acceptors (Lipinski definition) is 4. The third kappa shape index (κ3) is 2.58. The standard InChI is InChI=1S/C19H14ClN3O2/c1-25-19-13(5-4-9-21-19)17-15-6-2-3-10-23(15)18(22-17)14-11-12(20)7-8-16(14)24/h2-11,24H,1H3. The molecular formula is C19H14ClN3O2. The van der Waals surface area contributed by atoms with Gasteiger partial charge in [0.1, 0.15) is 17.3 Å². The summed E-state index contributed by atoms with van der Waals surface area (Å²) >= 11 is 6.11. The number of halogens is 1. The first-order valence-corrected chi connectivity index (χ1v) is 8.02. The van der Waals surface area contributed by atoms with Gasteiger partial charge in [-0.3, -0.25) is 4.40 Å². The van der Waals surface area contributed by atoms with Crippen molar-refractivity contribution in [3.05, 3.63) is 65.9 Å². The highest BCUT2D eigenvalue weighted by atomic mass is 35.5. The van der Waals surface area contributed by atoms with Crippen LogP contribution in [0, 0.1) is 0 Å². The Labute approximate surface area is 149 Å². The van der Waals surface area contributed by atoms with Crippen molar-refractivity contribution in [3.63, 3.8) is 0 Å². The smallest absolute Gasteiger partial charge is 0.222 e. The number of pyridine rings is 2. The minimum absolute atomic E-state index is 0.116. The molecule has 0 spiro atoms. The van der Waals surface area contributed by atoms with Crippen LogP contribution in [0.1, 0.15) is 0 Å². The Morgan fingerprint density at radius 3 is 2.80 bits per heavy atom. The largest absolute Gasteiger partial charge is 0.507 e. The Hall–Kier alpha value is -3.05. The predicted octanol–water partition coefficient (Wildman–Crippen LogP) is 4.43. The van der Waals surface area contributed by atoms with Gasteiger partial charge in [0.15, 0.2) is 0 Å². The van der Waals surface area contributed by atoms with Gasteiger partial charge in [-0.1, -0.05) is 17.7 Å². The molecular weight excluding hydrogens is 338 g/mol. The van der Waals surface area contributed by atoms with Crippen LogP contribution >= 0.6 is 11.6 Å². The molecule has 0 radical (unpaired) electrons. The van der Waals surface area contributed by atoms with Crippen LogP contribution in [-0.4, -0.2) is 26.6 Å². The molecule has 1 aromatic carbocycles. The normalized spacial score (nSPS) is 11.0. The maximum absolute atomic E-state index is 10.3. The lowest BCUT2D eigenvalue weighted by atomic mass is 10.2. The van der Waals surface area contributed by atoms with E-state index in [0.717, 1.165) is 16.8 Å². The van der Waals surface area contributed by atoms with E-state index in [-0.39, 0.29) is 5.75 Å². The molecule has 25 heavy (non-hydrogen) atoms. The van der Waals surface area contributed by atoms with Crippen molar-refractivity contribution in [3.8, 4) is 34.3 Å². The van der Waals surface area contributed by atoms with Crippen LogP contribution in [0.5, 0.6) is 11.6 Å². The van der Waals surface area contributed by atoms with Gasteiger partial charge in [-0.25, -0.2) is 9.97 Å². The number of benzene rings is 1. The molecule has 0 atom stereocenters.